The van der Waals surface area contributed by atoms with Gasteiger partial charge in [0, 0.05) is 39.9 Å². The lowest BCUT2D eigenvalue weighted by atomic mass is 9.79. The standard InChI is InChI=1S/C55H52N4O/c1-53(2,3)40-29-38(28-39(30-40)45-31-37(25-27-56-45)34-16-11-10-12-17-34)42-20-14-22-47-50(42)58-52(43-32-41(54(4,5)6)33-44(51(43)60)55(7,8)9)59(47)46-21-13-18-35-23-24-36-19-15-26-57-49(36)48(35)46/h10-33,60H,1-9H3. The van der Waals surface area contributed by atoms with Gasteiger partial charge in [-0.05, 0) is 98.0 Å². The predicted octanol–water partition coefficient (Wildman–Crippen LogP) is 14.4. The smallest absolute Gasteiger partial charge is 0.149 e. The number of nitrogens with zero attached hydrogens (tertiary/aromatic N) is 4. The second-order valence-electron chi connectivity index (χ2n) is 19.2. The monoisotopic (exact) mass is 784 g/mol. The van der Waals surface area contributed by atoms with Crippen molar-refractivity contribution >= 4 is 32.7 Å². The molecule has 0 fully saturated rings. The fourth-order valence-corrected chi connectivity index (χ4v) is 8.41. The van der Waals surface area contributed by atoms with Gasteiger partial charge in [0.1, 0.15) is 11.6 Å². The van der Waals surface area contributed by atoms with Gasteiger partial charge in [-0.25, -0.2) is 4.98 Å². The summed E-state index contributed by atoms with van der Waals surface area (Å²) in [6.45, 7) is 19.9. The van der Waals surface area contributed by atoms with Crippen LogP contribution < -0.4 is 0 Å². The molecule has 0 bridgehead atoms. The summed E-state index contributed by atoms with van der Waals surface area (Å²) < 4.78 is 2.25. The van der Waals surface area contributed by atoms with Crippen LogP contribution in [0.15, 0.2) is 146 Å². The zero-order chi connectivity index (χ0) is 42.1. The summed E-state index contributed by atoms with van der Waals surface area (Å²) in [5.74, 6) is 0.926. The first kappa shape index (κ1) is 38.9. The number of imidazole rings is 1. The van der Waals surface area contributed by atoms with E-state index in [0.717, 1.165) is 83.0 Å². The summed E-state index contributed by atoms with van der Waals surface area (Å²) in [6.07, 6.45) is 3.77. The minimum Gasteiger partial charge on any atom is -0.507 e. The molecular weight excluding hydrogens is 733 g/mol. The predicted molar refractivity (Wildman–Crippen MR) is 251 cm³/mol. The molecule has 0 amide bonds. The number of para-hydroxylation sites is 1. The van der Waals surface area contributed by atoms with E-state index in [-0.39, 0.29) is 22.0 Å². The molecule has 9 aromatic rings. The Kier molecular flexibility index (Phi) is 9.27. The molecule has 0 saturated heterocycles. The maximum absolute atomic E-state index is 12.5. The molecule has 3 aromatic heterocycles. The third-order valence-corrected chi connectivity index (χ3v) is 11.8. The number of benzene rings is 6. The second-order valence-corrected chi connectivity index (χ2v) is 19.2. The van der Waals surface area contributed by atoms with Crippen LogP contribution in [-0.4, -0.2) is 24.6 Å². The molecule has 6 aromatic carbocycles. The van der Waals surface area contributed by atoms with E-state index in [4.69, 9.17) is 15.0 Å². The lowest BCUT2D eigenvalue weighted by Crippen LogP contribution is -2.17. The summed E-state index contributed by atoms with van der Waals surface area (Å²) in [7, 11) is 0. The molecule has 3 heterocycles. The number of fused-ring (bicyclic) bond motifs is 4. The van der Waals surface area contributed by atoms with Gasteiger partial charge in [0.25, 0.3) is 0 Å². The summed E-state index contributed by atoms with van der Waals surface area (Å²) in [5.41, 5.74) is 13.2. The molecule has 0 radical (unpaired) electrons. The Morgan fingerprint density at radius 2 is 1.18 bits per heavy atom. The summed E-state index contributed by atoms with van der Waals surface area (Å²) in [4.78, 5) is 15.5. The van der Waals surface area contributed by atoms with Crippen molar-refractivity contribution in [2.75, 3.05) is 0 Å². The maximum Gasteiger partial charge on any atom is 0.149 e. The number of aromatic hydroxyl groups is 1. The van der Waals surface area contributed by atoms with Gasteiger partial charge in [0.05, 0.1) is 33.5 Å². The molecular formula is C55H52N4O. The van der Waals surface area contributed by atoms with Gasteiger partial charge in [-0.15, -0.1) is 0 Å². The molecule has 1 N–H and O–H groups in total. The molecule has 0 aliphatic rings. The van der Waals surface area contributed by atoms with E-state index in [1.54, 1.807) is 0 Å². The third-order valence-electron chi connectivity index (χ3n) is 11.8. The fraction of sp³-hybridized carbons (Fsp3) is 0.218. The molecule has 0 saturated carbocycles. The molecule has 9 rings (SSSR count). The average molecular weight is 785 g/mol. The van der Waals surface area contributed by atoms with E-state index in [1.165, 1.54) is 5.56 Å². The Balaban J connectivity index is 1.37. The minimum absolute atomic E-state index is 0.139. The number of phenolic OH excluding ortho intramolecular Hbond substituents is 1. The van der Waals surface area contributed by atoms with Crippen LogP contribution in [0.25, 0.3) is 83.3 Å². The van der Waals surface area contributed by atoms with Crippen molar-refractivity contribution in [2.24, 2.45) is 0 Å². The molecule has 0 aliphatic heterocycles. The molecule has 5 nitrogen and oxygen atoms in total. The second kappa shape index (κ2) is 14.3. The molecule has 298 valence electrons. The Morgan fingerprint density at radius 1 is 0.483 bits per heavy atom. The topological polar surface area (TPSA) is 63.8 Å². The minimum atomic E-state index is -0.322. The summed E-state index contributed by atoms with van der Waals surface area (Å²) in [6, 6.07) is 47.2. The van der Waals surface area contributed by atoms with Crippen molar-refractivity contribution in [3.05, 3.63) is 163 Å². The quantitative estimate of drug-likeness (QED) is 0.177. The van der Waals surface area contributed by atoms with Gasteiger partial charge in [0.2, 0.25) is 0 Å². The van der Waals surface area contributed by atoms with Crippen molar-refractivity contribution < 1.29 is 5.11 Å². The normalized spacial score (nSPS) is 12.5. The van der Waals surface area contributed by atoms with E-state index in [2.05, 4.69) is 188 Å². The molecule has 0 aliphatic carbocycles. The van der Waals surface area contributed by atoms with E-state index in [9.17, 15) is 5.11 Å². The van der Waals surface area contributed by atoms with Crippen LogP contribution in [0.5, 0.6) is 5.75 Å². The van der Waals surface area contributed by atoms with Gasteiger partial charge in [-0.1, -0.05) is 147 Å². The van der Waals surface area contributed by atoms with Crippen LogP contribution in [-0.2, 0) is 16.2 Å². The highest BCUT2D eigenvalue weighted by Gasteiger charge is 2.29. The van der Waals surface area contributed by atoms with Crippen molar-refractivity contribution in [2.45, 2.75) is 78.6 Å². The lowest BCUT2D eigenvalue weighted by Gasteiger charge is -2.27. The van der Waals surface area contributed by atoms with Gasteiger partial charge >= 0.3 is 0 Å². The maximum atomic E-state index is 12.5. The van der Waals surface area contributed by atoms with E-state index < -0.39 is 0 Å². The van der Waals surface area contributed by atoms with Crippen LogP contribution in [0.2, 0.25) is 0 Å². The van der Waals surface area contributed by atoms with Gasteiger partial charge in [-0.3, -0.25) is 14.5 Å². The van der Waals surface area contributed by atoms with Crippen molar-refractivity contribution in [1.82, 2.24) is 19.5 Å². The Hall–Kier alpha value is -6.59. The zero-order valence-electron chi connectivity index (χ0n) is 36.1. The van der Waals surface area contributed by atoms with Crippen LogP contribution >= 0.6 is 0 Å². The number of pyridine rings is 2. The Labute approximate surface area is 353 Å². The molecule has 0 spiro atoms. The zero-order valence-corrected chi connectivity index (χ0v) is 36.1. The third kappa shape index (κ3) is 6.92. The molecule has 0 atom stereocenters. The van der Waals surface area contributed by atoms with Gasteiger partial charge < -0.3 is 5.11 Å². The van der Waals surface area contributed by atoms with Crippen LogP contribution in [0.1, 0.15) is 79.0 Å². The van der Waals surface area contributed by atoms with Crippen LogP contribution in [0.4, 0.5) is 0 Å². The van der Waals surface area contributed by atoms with E-state index >= 15 is 0 Å². The highest BCUT2D eigenvalue weighted by molar-refractivity contribution is 6.11. The summed E-state index contributed by atoms with van der Waals surface area (Å²) >= 11 is 0. The molecule has 5 heteroatoms. The van der Waals surface area contributed by atoms with Crippen LogP contribution in [0.3, 0.4) is 0 Å². The van der Waals surface area contributed by atoms with E-state index in [1.807, 2.05) is 24.5 Å². The van der Waals surface area contributed by atoms with Crippen LogP contribution in [0, 0.1) is 0 Å². The first-order chi connectivity index (χ1) is 28.6. The number of hydrogen-bond acceptors (Lipinski definition) is 4. The average Bonchev–Trinajstić information content (AvgIpc) is 3.62. The number of hydrogen-bond donors (Lipinski definition) is 1. The number of phenols is 1. The Bertz CT molecular complexity index is 3100. The largest absolute Gasteiger partial charge is 0.507 e. The lowest BCUT2D eigenvalue weighted by molar-refractivity contribution is 0.446. The van der Waals surface area contributed by atoms with Crippen molar-refractivity contribution in [1.29, 1.82) is 0 Å². The number of rotatable bonds is 5. The molecule has 0 unspecified atom stereocenters. The number of aromatic nitrogens is 4. The first-order valence-corrected chi connectivity index (χ1v) is 20.9. The SMILES string of the molecule is CC(C)(C)c1cc(-c2cc(-c3ccccc3)ccn2)cc(-c2cccc3c2nc(-c2cc(C(C)(C)C)cc(C(C)(C)C)c2O)n3-c2cccc3ccc4cccnc4c23)c1. The highest BCUT2D eigenvalue weighted by atomic mass is 16.3. The highest BCUT2D eigenvalue weighted by Crippen LogP contribution is 2.46. The van der Waals surface area contributed by atoms with E-state index in [0.29, 0.717) is 11.4 Å². The van der Waals surface area contributed by atoms with Gasteiger partial charge in [0.15, 0.2) is 0 Å². The van der Waals surface area contributed by atoms with Crippen molar-refractivity contribution in [3.63, 3.8) is 0 Å². The first-order valence-electron chi connectivity index (χ1n) is 20.9. The summed E-state index contributed by atoms with van der Waals surface area (Å²) in [5, 5.41) is 15.6. The Morgan fingerprint density at radius 3 is 1.93 bits per heavy atom. The van der Waals surface area contributed by atoms with Gasteiger partial charge in [-0.2, -0.15) is 0 Å². The van der Waals surface area contributed by atoms with Crippen molar-refractivity contribution in [3.8, 4) is 56.3 Å². The molecule has 60 heavy (non-hydrogen) atoms. The fourth-order valence-electron chi connectivity index (χ4n) is 8.41.